The van der Waals surface area contributed by atoms with E-state index in [1.165, 1.54) is 0 Å². The van der Waals surface area contributed by atoms with Crippen LogP contribution in [0.25, 0.3) is 0 Å². The maximum absolute atomic E-state index is 11.8. The summed E-state index contributed by atoms with van der Waals surface area (Å²) in [5, 5.41) is 3.22. The van der Waals surface area contributed by atoms with Gasteiger partial charge in [-0.05, 0) is 33.6 Å². The quantitative estimate of drug-likeness (QED) is 0.880. The van der Waals surface area contributed by atoms with E-state index in [2.05, 4.69) is 21.2 Å². The largest absolute Gasteiger partial charge is 0.372 e. The molecule has 3 N–H and O–H groups in total. The second-order valence-corrected chi connectivity index (χ2v) is 5.56. The Hall–Kier alpha value is -1.81. The molecule has 104 valence electrons. The van der Waals surface area contributed by atoms with Crippen LogP contribution in [0.15, 0.2) is 59.1 Å². The van der Waals surface area contributed by atoms with Crippen molar-refractivity contribution in [2.24, 2.45) is 5.73 Å². The first-order valence-corrected chi connectivity index (χ1v) is 7.24. The van der Waals surface area contributed by atoms with Gasteiger partial charge in [-0.1, -0.05) is 49.4 Å². The van der Waals surface area contributed by atoms with E-state index in [0.717, 1.165) is 15.7 Å². The Morgan fingerprint density at radius 3 is 2.30 bits per heavy atom. The third-order valence-electron chi connectivity index (χ3n) is 3.32. The van der Waals surface area contributed by atoms with Crippen LogP contribution in [-0.2, 0) is 4.79 Å². The number of carbonyl (C=O) groups is 1. The van der Waals surface area contributed by atoms with Gasteiger partial charge < -0.3 is 11.1 Å². The van der Waals surface area contributed by atoms with Crippen LogP contribution in [0.5, 0.6) is 0 Å². The van der Waals surface area contributed by atoms with Gasteiger partial charge in [0, 0.05) is 16.1 Å². The minimum absolute atomic E-state index is 0.0131. The summed E-state index contributed by atoms with van der Waals surface area (Å²) in [7, 11) is 0. The van der Waals surface area contributed by atoms with E-state index < -0.39 is 6.04 Å². The van der Waals surface area contributed by atoms with Gasteiger partial charge in [0.05, 0.1) is 0 Å². The van der Waals surface area contributed by atoms with Crippen LogP contribution >= 0.6 is 15.9 Å². The van der Waals surface area contributed by atoms with Crippen molar-refractivity contribution in [3.8, 4) is 0 Å². The summed E-state index contributed by atoms with van der Waals surface area (Å²) in [6.07, 6.45) is 0. The highest BCUT2D eigenvalue weighted by molar-refractivity contribution is 9.10. The fourth-order valence-electron chi connectivity index (χ4n) is 2.14. The molecule has 3 nitrogen and oxygen atoms in total. The average molecular weight is 333 g/mol. The third kappa shape index (κ3) is 3.39. The van der Waals surface area contributed by atoms with Crippen LogP contribution in [0.2, 0.25) is 0 Å². The van der Waals surface area contributed by atoms with Crippen LogP contribution in [0.4, 0.5) is 5.69 Å². The zero-order valence-corrected chi connectivity index (χ0v) is 12.8. The molecule has 0 fully saturated rings. The second-order valence-electron chi connectivity index (χ2n) is 4.70. The van der Waals surface area contributed by atoms with E-state index >= 15 is 0 Å². The lowest BCUT2D eigenvalue weighted by molar-refractivity contribution is -0.119. The highest BCUT2D eigenvalue weighted by atomic mass is 79.9. The van der Waals surface area contributed by atoms with Gasteiger partial charge in [0.2, 0.25) is 5.91 Å². The fourth-order valence-corrected chi connectivity index (χ4v) is 2.54. The molecule has 0 aliphatic heterocycles. The van der Waals surface area contributed by atoms with Crippen molar-refractivity contribution in [1.29, 1.82) is 0 Å². The lowest BCUT2D eigenvalue weighted by Gasteiger charge is -2.24. The molecule has 0 saturated heterocycles. The average Bonchev–Trinajstić information content (AvgIpc) is 2.46. The van der Waals surface area contributed by atoms with Gasteiger partial charge in [0.25, 0.3) is 0 Å². The number of benzene rings is 2. The Kier molecular flexibility index (Phi) is 4.79. The molecule has 0 saturated carbocycles. The van der Waals surface area contributed by atoms with Gasteiger partial charge in [-0.15, -0.1) is 0 Å². The lowest BCUT2D eigenvalue weighted by atomic mass is 9.92. The second kappa shape index (κ2) is 6.57. The van der Waals surface area contributed by atoms with Crippen LogP contribution in [0, 0.1) is 0 Å². The first-order valence-electron chi connectivity index (χ1n) is 6.45. The van der Waals surface area contributed by atoms with Crippen molar-refractivity contribution in [1.82, 2.24) is 0 Å². The molecule has 1 amide bonds. The van der Waals surface area contributed by atoms with Crippen molar-refractivity contribution < 1.29 is 4.79 Å². The van der Waals surface area contributed by atoms with Crippen LogP contribution in [0.3, 0.4) is 0 Å². The molecule has 0 spiro atoms. The molecule has 2 aromatic rings. The Morgan fingerprint density at radius 2 is 1.70 bits per heavy atom. The Bertz CT molecular complexity index is 586. The molecule has 2 unspecified atom stereocenters. The number of halogens is 1. The summed E-state index contributed by atoms with van der Waals surface area (Å²) in [5.41, 5.74) is 7.50. The normalized spacial score (nSPS) is 13.5. The molecule has 4 heteroatoms. The van der Waals surface area contributed by atoms with E-state index in [4.69, 9.17) is 5.73 Å². The first kappa shape index (κ1) is 14.6. The van der Waals surface area contributed by atoms with Crippen molar-refractivity contribution in [3.63, 3.8) is 0 Å². The monoisotopic (exact) mass is 332 g/mol. The summed E-state index contributed by atoms with van der Waals surface area (Å²) >= 11 is 3.46. The van der Waals surface area contributed by atoms with Crippen LogP contribution in [0.1, 0.15) is 18.4 Å². The third-order valence-corrected chi connectivity index (χ3v) is 4.01. The van der Waals surface area contributed by atoms with E-state index in [0.29, 0.717) is 0 Å². The summed E-state index contributed by atoms with van der Waals surface area (Å²) in [5.74, 6) is -0.377. The van der Waals surface area contributed by atoms with Crippen molar-refractivity contribution in [3.05, 3.63) is 64.6 Å². The molecule has 0 aromatic heterocycles. The van der Waals surface area contributed by atoms with Gasteiger partial charge in [0.1, 0.15) is 6.04 Å². The predicted molar refractivity (Wildman–Crippen MR) is 85.6 cm³/mol. The van der Waals surface area contributed by atoms with Gasteiger partial charge >= 0.3 is 0 Å². The van der Waals surface area contributed by atoms with Gasteiger partial charge in [-0.3, -0.25) is 4.79 Å². The van der Waals surface area contributed by atoms with Crippen molar-refractivity contribution >= 4 is 27.5 Å². The number of nitrogens with two attached hydrogens (primary N) is 1. The van der Waals surface area contributed by atoms with E-state index in [1.807, 2.05) is 61.5 Å². The Balaban J connectivity index is 2.24. The maximum Gasteiger partial charge on any atom is 0.240 e. The molecule has 20 heavy (non-hydrogen) atoms. The summed E-state index contributed by atoms with van der Waals surface area (Å²) in [6.45, 7) is 1.99. The molecule has 2 atom stereocenters. The van der Waals surface area contributed by atoms with Crippen molar-refractivity contribution in [2.75, 3.05) is 5.32 Å². The first-order chi connectivity index (χ1) is 9.59. The zero-order chi connectivity index (χ0) is 14.5. The Morgan fingerprint density at radius 1 is 1.10 bits per heavy atom. The molecule has 0 aliphatic rings. The van der Waals surface area contributed by atoms with E-state index in [9.17, 15) is 4.79 Å². The minimum Gasteiger partial charge on any atom is -0.372 e. The fraction of sp³-hybridized carbons (Fsp3) is 0.188. The number of anilines is 1. The van der Waals surface area contributed by atoms with E-state index in [-0.39, 0.29) is 11.8 Å². The van der Waals surface area contributed by atoms with Crippen LogP contribution < -0.4 is 11.1 Å². The number of hydrogen-bond acceptors (Lipinski definition) is 2. The number of hydrogen-bond donors (Lipinski definition) is 2. The van der Waals surface area contributed by atoms with Gasteiger partial charge in [-0.25, -0.2) is 0 Å². The molecule has 2 rings (SSSR count). The summed E-state index contributed by atoms with van der Waals surface area (Å²) < 4.78 is 0.909. The number of para-hydroxylation sites is 1. The molecule has 0 radical (unpaired) electrons. The standard InChI is InChI=1S/C16H17BrN2O/c1-11(12-7-3-2-4-8-12)15(16(18)20)19-14-10-6-5-9-13(14)17/h2-11,15,19H,1H3,(H2,18,20). The topological polar surface area (TPSA) is 55.1 Å². The van der Waals surface area contributed by atoms with Gasteiger partial charge in [0.15, 0.2) is 0 Å². The SMILES string of the molecule is CC(c1ccccc1)C(Nc1ccccc1Br)C(N)=O. The predicted octanol–water partition coefficient (Wildman–Crippen LogP) is 3.52. The maximum atomic E-state index is 11.8. The lowest BCUT2D eigenvalue weighted by Crippen LogP contribution is -2.39. The molecule has 0 aliphatic carbocycles. The molecular weight excluding hydrogens is 316 g/mol. The molecule has 0 bridgehead atoms. The number of rotatable bonds is 5. The van der Waals surface area contributed by atoms with Crippen molar-refractivity contribution in [2.45, 2.75) is 18.9 Å². The minimum atomic E-state index is -0.462. The zero-order valence-electron chi connectivity index (χ0n) is 11.2. The van der Waals surface area contributed by atoms with Crippen LogP contribution in [-0.4, -0.2) is 11.9 Å². The molecule has 2 aromatic carbocycles. The summed E-state index contributed by atoms with van der Waals surface area (Å²) in [4.78, 5) is 11.8. The highest BCUT2D eigenvalue weighted by Gasteiger charge is 2.24. The molecular formula is C16H17BrN2O. The number of primary amides is 1. The summed E-state index contributed by atoms with van der Waals surface area (Å²) in [6, 6.07) is 17.1. The smallest absolute Gasteiger partial charge is 0.240 e. The number of carbonyl (C=O) groups excluding carboxylic acids is 1. The Labute approximate surface area is 127 Å². The van der Waals surface area contributed by atoms with Gasteiger partial charge in [-0.2, -0.15) is 0 Å². The van der Waals surface area contributed by atoms with E-state index in [1.54, 1.807) is 0 Å². The molecule has 0 heterocycles. The number of nitrogens with one attached hydrogen (secondary N) is 1. The highest BCUT2D eigenvalue weighted by Crippen LogP contribution is 2.26. The number of amides is 1.